The number of amides is 1. The molecule has 0 aliphatic heterocycles. The van der Waals surface area contributed by atoms with Gasteiger partial charge in [-0.1, -0.05) is 47.1 Å². The van der Waals surface area contributed by atoms with Crippen molar-refractivity contribution in [2.45, 2.75) is 18.6 Å². The number of anilines is 1. The Balaban J connectivity index is 1.70. The monoisotopic (exact) mass is 484 g/mol. The maximum absolute atomic E-state index is 12.2. The van der Waals surface area contributed by atoms with E-state index in [-0.39, 0.29) is 11.7 Å². The molecule has 9 heteroatoms. The number of halogens is 3. The van der Waals surface area contributed by atoms with E-state index in [0.29, 0.717) is 33.3 Å². The van der Waals surface area contributed by atoms with E-state index in [1.807, 2.05) is 35.8 Å². The van der Waals surface area contributed by atoms with Gasteiger partial charge in [0.15, 0.2) is 11.0 Å². The minimum atomic E-state index is -0.150. The summed E-state index contributed by atoms with van der Waals surface area (Å²) in [7, 11) is 0. The summed E-state index contributed by atoms with van der Waals surface area (Å²) in [4.78, 5) is 12.2. The summed E-state index contributed by atoms with van der Waals surface area (Å²) in [6.45, 7) is 2.66. The maximum atomic E-state index is 12.2. The average Bonchev–Trinajstić information content (AvgIpc) is 3.06. The molecule has 1 amide bonds. The van der Waals surface area contributed by atoms with E-state index < -0.39 is 0 Å². The summed E-state index contributed by atoms with van der Waals surface area (Å²) in [5, 5.41) is 13.1. The molecule has 1 N–H and O–H groups in total. The Bertz CT molecular complexity index is 980. The molecule has 0 atom stereocenters. The molecule has 0 aliphatic carbocycles. The summed E-state index contributed by atoms with van der Waals surface area (Å²) in [6, 6.07) is 12.7. The Morgan fingerprint density at radius 3 is 2.67 bits per heavy atom. The van der Waals surface area contributed by atoms with Gasteiger partial charge >= 0.3 is 0 Å². The largest absolute Gasteiger partial charge is 0.325 e. The molecule has 140 valence electrons. The van der Waals surface area contributed by atoms with E-state index in [0.717, 1.165) is 10.0 Å². The van der Waals surface area contributed by atoms with Gasteiger partial charge in [0.2, 0.25) is 5.91 Å². The van der Waals surface area contributed by atoms with Crippen LogP contribution >= 0.6 is 50.9 Å². The van der Waals surface area contributed by atoms with Crippen molar-refractivity contribution in [2.75, 3.05) is 11.1 Å². The Hall–Kier alpha value is -1.54. The first kappa shape index (κ1) is 20.2. The number of nitrogens with one attached hydrogen (secondary N) is 1. The Labute approximate surface area is 179 Å². The van der Waals surface area contributed by atoms with Gasteiger partial charge in [-0.2, -0.15) is 0 Å². The highest BCUT2D eigenvalue weighted by Crippen LogP contribution is 2.29. The van der Waals surface area contributed by atoms with E-state index in [4.69, 9.17) is 23.2 Å². The minimum absolute atomic E-state index is 0.150. The fraction of sp³-hybridized carbons (Fsp3) is 0.167. The van der Waals surface area contributed by atoms with Gasteiger partial charge in [0.25, 0.3) is 0 Å². The van der Waals surface area contributed by atoms with E-state index in [2.05, 4.69) is 31.4 Å². The van der Waals surface area contributed by atoms with Crippen LogP contribution in [-0.2, 0) is 11.3 Å². The van der Waals surface area contributed by atoms with E-state index >= 15 is 0 Å². The molecule has 0 saturated carbocycles. The van der Waals surface area contributed by atoms with Crippen LogP contribution in [0.1, 0.15) is 6.92 Å². The normalized spacial score (nSPS) is 10.8. The summed E-state index contributed by atoms with van der Waals surface area (Å²) < 4.78 is 2.72. The van der Waals surface area contributed by atoms with E-state index in [1.54, 1.807) is 18.2 Å². The van der Waals surface area contributed by atoms with Crippen molar-refractivity contribution in [3.8, 4) is 11.4 Å². The molecule has 0 saturated heterocycles. The van der Waals surface area contributed by atoms with Gasteiger partial charge in [-0.05, 0) is 53.2 Å². The molecule has 0 radical (unpaired) electrons. The summed E-state index contributed by atoms with van der Waals surface area (Å²) in [5.74, 6) is 0.739. The molecule has 1 heterocycles. The Kier molecular flexibility index (Phi) is 6.81. The average molecular weight is 486 g/mol. The number of nitrogens with zero attached hydrogens (tertiary/aromatic N) is 3. The predicted octanol–water partition coefficient (Wildman–Crippen LogP) is 5.77. The van der Waals surface area contributed by atoms with E-state index in [9.17, 15) is 4.79 Å². The van der Waals surface area contributed by atoms with Gasteiger partial charge < -0.3 is 9.88 Å². The quantitative estimate of drug-likeness (QED) is 0.450. The summed E-state index contributed by atoms with van der Waals surface area (Å²) in [6.07, 6.45) is 0. The molecule has 27 heavy (non-hydrogen) atoms. The second-order valence-corrected chi connectivity index (χ2v) is 8.11. The highest BCUT2D eigenvalue weighted by atomic mass is 79.9. The topological polar surface area (TPSA) is 59.8 Å². The highest BCUT2D eigenvalue weighted by Gasteiger charge is 2.16. The summed E-state index contributed by atoms with van der Waals surface area (Å²) in [5.41, 5.74) is 1.46. The molecule has 3 rings (SSSR count). The van der Waals surface area contributed by atoms with Crippen LogP contribution in [-0.4, -0.2) is 26.4 Å². The van der Waals surface area contributed by atoms with E-state index in [1.165, 1.54) is 11.8 Å². The molecule has 0 bridgehead atoms. The summed E-state index contributed by atoms with van der Waals surface area (Å²) >= 11 is 17.0. The molecule has 0 aliphatic rings. The van der Waals surface area contributed by atoms with Gasteiger partial charge in [-0.15, -0.1) is 10.2 Å². The van der Waals surface area contributed by atoms with Gasteiger partial charge in [0.05, 0.1) is 15.8 Å². The number of carbonyl (C=O) groups is 1. The number of thioether (sulfide) groups is 1. The predicted molar refractivity (Wildman–Crippen MR) is 115 cm³/mol. The van der Waals surface area contributed by atoms with Crippen molar-refractivity contribution in [3.63, 3.8) is 0 Å². The van der Waals surface area contributed by atoms with Crippen LogP contribution in [0.15, 0.2) is 52.1 Å². The number of rotatable bonds is 6. The van der Waals surface area contributed by atoms with Crippen molar-refractivity contribution in [2.24, 2.45) is 0 Å². The van der Waals surface area contributed by atoms with Gasteiger partial charge in [0, 0.05) is 22.3 Å². The van der Waals surface area contributed by atoms with Crippen LogP contribution in [0.5, 0.6) is 0 Å². The first-order chi connectivity index (χ1) is 13.0. The SMILES string of the molecule is CCn1c(SCC(=O)Nc2ccc(Br)c(Cl)c2)nnc1-c1ccccc1Cl. The lowest BCUT2D eigenvalue weighted by Gasteiger charge is -2.09. The van der Waals surface area contributed by atoms with Crippen molar-refractivity contribution >= 4 is 62.5 Å². The van der Waals surface area contributed by atoms with Crippen LogP contribution in [0.2, 0.25) is 10.0 Å². The van der Waals surface area contributed by atoms with Crippen LogP contribution in [0.4, 0.5) is 5.69 Å². The number of hydrogen-bond acceptors (Lipinski definition) is 4. The van der Waals surface area contributed by atoms with Gasteiger partial charge in [-0.3, -0.25) is 4.79 Å². The minimum Gasteiger partial charge on any atom is -0.325 e. The van der Waals surface area contributed by atoms with Crippen LogP contribution in [0.3, 0.4) is 0 Å². The lowest BCUT2D eigenvalue weighted by molar-refractivity contribution is -0.113. The lowest BCUT2D eigenvalue weighted by atomic mass is 10.2. The number of hydrogen-bond donors (Lipinski definition) is 1. The lowest BCUT2D eigenvalue weighted by Crippen LogP contribution is -2.14. The highest BCUT2D eigenvalue weighted by molar-refractivity contribution is 9.10. The third-order valence-corrected chi connectivity index (χ3v) is 6.21. The van der Waals surface area contributed by atoms with Crippen LogP contribution < -0.4 is 5.32 Å². The third kappa shape index (κ3) is 4.85. The first-order valence-electron chi connectivity index (χ1n) is 8.05. The smallest absolute Gasteiger partial charge is 0.234 e. The second kappa shape index (κ2) is 9.10. The first-order valence-corrected chi connectivity index (χ1v) is 10.6. The molecular weight excluding hydrogens is 471 g/mol. The van der Waals surface area contributed by atoms with Crippen molar-refractivity contribution in [1.29, 1.82) is 0 Å². The molecule has 0 fully saturated rings. The van der Waals surface area contributed by atoms with Crippen molar-refractivity contribution in [1.82, 2.24) is 14.8 Å². The standard InChI is InChI=1S/C18H15BrCl2N4OS/c1-2-25-17(12-5-3-4-6-14(12)20)23-24-18(25)27-10-16(26)22-11-7-8-13(19)15(21)9-11/h3-9H,2,10H2,1H3,(H,22,26). The zero-order chi connectivity index (χ0) is 19.4. The number of carbonyl (C=O) groups excluding carboxylic acids is 1. The number of aromatic nitrogens is 3. The maximum Gasteiger partial charge on any atom is 0.234 e. The molecular formula is C18H15BrCl2N4OS. The van der Waals surface area contributed by atoms with Crippen molar-refractivity contribution < 1.29 is 4.79 Å². The molecule has 1 aromatic heterocycles. The second-order valence-electron chi connectivity index (χ2n) is 5.50. The van der Waals surface area contributed by atoms with Crippen LogP contribution in [0.25, 0.3) is 11.4 Å². The molecule has 3 aromatic rings. The van der Waals surface area contributed by atoms with Gasteiger partial charge in [0.1, 0.15) is 0 Å². The fourth-order valence-corrected chi connectivity index (χ4v) is 3.87. The van der Waals surface area contributed by atoms with Crippen LogP contribution in [0, 0.1) is 0 Å². The third-order valence-electron chi connectivity index (χ3n) is 3.68. The fourth-order valence-electron chi connectivity index (χ4n) is 2.42. The zero-order valence-electron chi connectivity index (χ0n) is 14.2. The Morgan fingerprint density at radius 1 is 1.19 bits per heavy atom. The van der Waals surface area contributed by atoms with Gasteiger partial charge in [-0.25, -0.2) is 0 Å². The number of benzene rings is 2. The van der Waals surface area contributed by atoms with Crippen molar-refractivity contribution in [3.05, 3.63) is 57.0 Å². The molecule has 0 spiro atoms. The molecule has 0 unspecified atom stereocenters. The molecule has 2 aromatic carbocycles. The zero-order valence-corrected chi connectivity index (χ0v) is 18.2. The molecule has 5 nitrogen and oxygen atoms in total. The Morgan fingerprint density at radius 2 is 1.96 bits per heavy atom.